The number of ether oxygens (including phenoxy) is 2. The number of hydrogen-bond acceptors (Lipinski definition) is 4. The second kappa shape index (κ2) is 7.21. The van der Waals surface area contributed by atoms with E-state index >= 15 is 0 Å². The molecule has 0 amide bonds. The molecule has 0 atom stereocenters. The van der Waals surface area contributed by atoms with Gasteiger partial charge >= 0.3 is 0 Å². The number of allylic oxidation sites excluding steroid dienone is 1. The van der Waals surface area contributed by atoms with E-state index in [1.54, 1.807) is 20.3 Å². The monoisotopic (exact) mass is 323 g/mol. The first-order valence-electron chi connectivity index (χ1n) is 7.99. The Morgan fingerprint density at radius 3 is 2.54 bits per heavy atom. The van der Waals surface area contributed by atoms with Crippen LogP contribution in [0.1, 0.15) is 16.7 Å². The molecule has 0 radical (unpaired) electrons. The first-order chi connectivity index (χ1) is 11.7. The van der Waals surface area contributed by atoms with Gasteiger partial charge in [-0.3, -0.25) is 4.79 Å². The molecule has 1 aliphatic rings. The summed E-state index contributed by atoms with van der Waals surface area (Å²) in [5.41, 5.74) is 4.02. The molecule has 0 aromatic heterocycles. The van der Waals surface area contributed by atoms with Crippen LogP contribution in [-0.4, -0.2) is 26.5 Å². The van der Waals surface area contributed by atoms with Crippen LogP contribution in [0.25, 0.3) is 5.70 Å². The molecule has 124 valence electrons. The van der Waals surface area contributed by atoms with Crippen molar-refractivity contribution in [2.45, 2.75) is 12.8 Å². The highest BCUT2D eigenvalue weighted by molar-refractivity contribution is 5.98. The highest BCUT2D eigenvalue weighted by Crippen LogP contribution is 2.34. The Labute approximate surface area is 142 Å². The van der Waals surface area contributed by atoms with Crippen LogP contribution < -0.4 is 14.8 Å². The van der Waals surface area contributed by atoms with Gasteiger partial charge in [0.05, 0.1) is 14.2 Å². The molecule has 1 aliphatic heterocycles. The fourth-order valence-corrected chi connectivity index (χ4v) is 2.94. The predicted molar refractivity (Wildman–Crippen MR) is 94.4 cm³/mol. The van der Waals surface area contributed by atoms with E-state index in [1.165, 1.54) is 0 Å². The maximum atomic E-state index is 12.4. The first-order valence-corrected chi connectivity index (χ1v) is 7.99. The van der Waals surface area contributed by atoms with Gasteiger partial charge in [-0.05, 0) is 29.7 Å². The van der Waals surface area contributed by atoms with Crippen molar-refractivity contribution >= 4 is 11.5 Å². The molecule has 0 unspecified atom stereocenters. The van der Waals surface area contributed by atoms with Crippen molar-refractivity contribution in [3.63, 3.8) is 0 Å². The third kappa shape index (κ3) is 3.43. The summed E-state index contributed by atoms with van der Waals surface area (Å²) in [5, 5.41) is 3.32. The summed E-state index contributed by atoms with van der Waals surface area (Å²) in [5.74, 6) is 1.46. The number of benzene rings is 2. The van der Waals surface area contributed by atoms with Crippen LogP contribution in [0.4, 0.5) is 0 Å². The zero-order valence-electron chi connectivity index (χ0n) is 14.0. The molecule has 24 heavy (non-hydrogen) atoms. The highest BCUT2D eigenvalue weighted by atomic mass is 16.5. The van der Waals surface area contributed by atoms with Gasteiger partial charge in [-0.1, -0.05) is 30.3 Å². The molecule has 2 aromatic rings. The molecule has 0 spiro atoms. The van der Waals surface area contributed by atoms with E-state index in [9.17, 15) is 4.79 Å². The summed E-state index contributed by atoms with van der Waals surface area (Å²) in [6.07, 6.45) is 2.98. The van der Waals surface area contributed by atoms with Crippen molar-refractivity contribution in [1.82, 2.24) is 5.32 Å². The summed E-state index contributed by atoms with van der Waals surface area (Å²) >= 11 is 0. The molecular weight excluding hydrogens is 302 g/mol. The SMILES string of the molecule is COc1cc2c(cc1OC)C(=CC(=O)Cc1ccccc1)NCC2. The van der Waals surface area contributed by atoms with Gasteiger partial charge in [-0.2, -0.15) is 0 Å². The van der Waals surface area contributed by atoms with Gasteiger partial charge in [-0.15, -0.1) is 0 Å². The van der Waals surface area contributed by atoms with E-state index < -0.39 is 0 Å². The Morgan fingerprint density at radius 1 is 1.12 bits per heavy atom. The third-order valence-electron chi connectivity index (χ3n) is 4.14. The van der Waals surface area contributed by atoms with Crippen LogP contribution in [0.2, 0.25) is 0 Å². The Balaban J connectivity index is 1.89. The van der Waals surface area contributed by atoms with Crippen LogP contribution in [0.3, 0.4) is 0 Å². The lowest BCUT2D eigenvalue weighted by Crippen LogP contribution is -2.23. The molecule has 0 fully saturated rings. The van der Waals surface area contributed by atoms with Crippen molar-refractivity contribution in [1.29, 1.82) is 0 Å². The molecular formula is C20H21NO3. The molecule has 4 heteroatoms. The summed E-state index contributed by atoms with van der Waals surface area (Å²) in [6.45, 7) is 0.799. The topological polar surface area (TPSA) is 47.6 Å². The van der Waals surface area contributed by atoms with Crippen LogP contribution in [-0.2, 0) is 17.6 Å². The normalized spacial score (nSPS) is 14.7. The lowest BCUT2D eigenvalue weighted by molar-refractivity contribution is -0.114. The Morgan fingerprint density at radius 2 is 1.83 bits per heavy atom. The van der Waals surface area contributed by atoms with Gasteiger partial charge < -0.3 is 14.8 Å². The Kier molecular flexibility index (Phi) is 4.85. The molecule has 0 saturated carbocycles. The second-order valence-electron chi connectivity index (χ2n) is 5.73. The van der Waals surface area contributed by atoms with Gasteiger partial charge in [-0.25, -0.2) is 0 Å². The fraction of sp³-hybridized carbons (Fsp3) is 0.250. The minimum atomic E-state index is 0.0753. The lowest BCUT2D eigenvalue weighted by Gasteiger charge is -2.23. The quantitative estimate of drug-likeness (QED) is 0.859. The van der Waals surface area contributed by atoms with Crippen molar-refractivity contribution in [2.24, 2.45) is 0 Å². The van der Waals surface area contributed by atoms with Gasteiger partial charge in [0.2, 0.25) is 0 Å². The number of fused-ring (bicyclic) bond motifs is 1. The standard InChI is InChI=1S/C20H21NO3/c1-23-19-11-15-8-9-21-18(17(15)13-20(19)24-2)12-16(22)10-14-6-4-3-5-7-14/h3-7,11-13,21H,8-10H2,1-2H3. The minimum absolute atomic E-state index is 0.0753. The van der Waals surface area contributed by atoms with E-state index in [2.05, 4.69) is 5.32 Å². The zero-order chi connectivity index (χ0) is 16.9. The number of rotatable bonds is 5. The first kappa shape index (κ1) is 16.1. The van der Waals surface area contributed by atoms with Crippen molar-refractivity contribution < 1.29 is 14.3 Å². The average molecular weight is 323 g/mol. The van der Waals surface area contributed by atoms with Crippen LogP contribution in [0.5, 0.6) is 11.5 Å². The third-order valence-corrected chi connectivity index (χ3v) is 4.14. The summed E-state index contributed by atoms with van der Waals surface area (Å²) in [4.78, 5) is 12.4. The van der Waals surface area contributed by atoms with Crippen LogP contribution in [0, 0.1) is 0 Å². The minimum Gasteiger partial charge on any atom is -0.493 e. The zero-order valence-corrected chi connectivity index (χ0v) is 14.0. The molecule has 3 rings (SSSR count). The predicted octanol–water partition coefficient (Wildman–Crippen LogP) is 3.00. The van der Waals surface area contributed by atoms with Crippen molar-refractivity contribution in [3.05, 3.63) is 65.2 Å². The van der Waals surface area contributed by atoms with E-state index in [4.69, 9.17) is 9.47 Å². The molecule has 0 bridgehead atoms. The summed E-state index contributed by atoms with van der Waals surface area (Å²) in [6, 6.07) is 13.7. The second-order valence-corrected chi connectivity index (χ2v) is 5.73. The maximum Gasteiger partial charge on any atom is 0.162 e. The average Bonchev–Trinajstić information content (AvgIpc) is 2.61. The molecule has 1 heterocycles. The smallest absolute Gasteiger partial charge is 0.162 e. The number of methoxy groups -OCH3 is 2. The van der Waals surface area contributed by atoms with Crippen molar-refractivity contribution in [3.8, 4) is 11.5 Å². The van der Waals surface area contributed by atoms with Gasteiger partial charge in [0.15, 0.2) is 17.3 Å². The fourth-order valence-electron chi connectivity index (χ4n) is 2.94. The van der Waals surface area contributed by atoms with Crippen LogP contribution >= 0.6 is 0 Å². The van der Waals surface area contributed by atoms with E-state index in [1.807, 2.05) is 42.5 Å². The molecule has 0 aliphatic carbocycles. The molecule has 4 nitrogen and oxygen atoms in total. The van der Waals surface area contributed by atoms with Gasteiger partial charge in [0, 0.05) is 30.3 Å². The summed E-state index contributed by atoms with van der Waals surface area (Å²) < 4.78 is 10.8. The summed E-state index contributed by atoms with van der Waals surface area (Å²) in [7, 11) is 3.25. The van der Waals surface area contributed by atoms with Crippen LogP contribution in [0.15, 0.2) is 48.5 Å². The number of hydrogen-bond donors (Lipinski definition) is 1. The lowest BCUT2D eigenvalue weighted by atomic mass is 9.96. The number of carbonyl (C=O) groups is 1. The molecule has 1 N–H and O–H groups in total. The number of ketones is 1. The Hall–Kier alpha value is -2.75. The van der Waals surface area contributed by atoms with E-state index in [0.717, 1.165) is 35.4 Å². The van der Waals surface area contributed by atoms with Crippen molar-refractivity contribution in [2.75, 3.05) is 20.8 Å². The van der Waals surface area contributed by atoms with E-state index in [-0.39, 0.29) is 5.78 Å². The number of nitrogens with one attached hydrogen (secondary N) is 1. The van der Waals surface area contributed by atoms with Gasteiger partial charge in [0.25, 0.3) is 0 Å². The highest BCUT2D eigenvalue weighted by Gasteiger charge is 2.18. The Bertz CT molecular complexity index is 766. The maximum absolute atomic E-state index is 12.4. The largest absolute Gasteiger partial charge is 0.493 e. The van der Waals surface area contributed by atoms with E-state index in [0.29, 0.717) is 17.9 Å². The van der Waals surface area contributed by atoms with Gasteiger partial charge in [0.1, 0.15) is 0 Å². The number of carbonyl (C=O) groups excluding carboxylic acids is 1. The molecule has 0 saturated heterocycles. The molecule has 2 aromatic carbocycles.